The van der Waals surface area contributed by atoms with Crippen molar-refractivity contribution in [3.8, 4) is 0 Å². The lowest BCUT2D eigenvalue weighted by atomic mass is 10.1. The number of aryl methyl sites for hydroxylation is 1. The van der Waals surface area contributed by atoms with E-state index in [0.29, 0.717) is 17.9 Å². The molecule has 0 radical (unpaired) electrons. The third-order valence-corrected chi connectivity index (χ3v) is 4.30. The van der Waals surface area contributed by atoms with E-state index >= 15 is 0 Å². The summed E-state index contributed by atoms with van der Waals surface area (Å²) in [7, 11) is 1.77. The van der Waals surface area contributed by atoms with Gasteiger partial charge in [0.25, 0.3) is 5.91 Å². The van der Waals surface area contributed by atoms with Gasteiger partial charge in [0, 0.05) is 44.1 Å². The molecule has 0 aromatic carbocycles. The maximum Gasteiger partial charge on any atom is 0.255 e. The number of pyridine rings is 1. The molecule has 1 fully saturated rings. The zero-order valence-corrected chi connectivity index (χ0v) is 13.0. The second kappa shape index (κ2) is 5.79. The molecule has 6 nitrogen and oxygen atoms in total. The molecule has 2 aromatic heterocycles. The van der Waals surface area contributed by atoms with Crippen LogP contribution in [0.1, 0.15) is 29.0 Å². The zero-order chi connectivity index (χ0) is 15.6. The summed E-state index contributed by atoms with van der Waals surface area (Å²) < 4.78 is 2.16. The Balaban J connectivity index is 1.62. The Kier molecular flexibility index (Phi) is 3.83. The van der Waals surface area contributed by atoms with Crippen LogP contribution < -0.4 is 10.6 Å². The summed E-state index contributed by atoms with van der Waals surface area (Å²) in [6.07, 6.45) is 7.76. The average molecular weight is 299 g/mol. The summed E-state index contributed by atoms with van der Waals surface area (Å²) in [4.78, 5) is 20.8. The van der Waals surface area contributed by atoms with Gasteiger partial charge in [-0.25, -0.2) is 9.97 Å². The quantitative estimate of drug-likeness (QED) is 0.854. The summed E-state index contributed by atoms with van der Waals surface area (Å²) in [5.41, 5.74) is 0.753. The van der Waals surface area contributed by atoms with Crippen LogP contribution in [-0.2, 0) is 6.54 Å². The largest absolute Gasteiger partial charge is 0.372 e. The molecule has 0 aliphatic heterocycles. The minimum Gasteiger partial charge on any atom is -0.372 e. The third kappa shape index (κ3) is 2.95. The molecule has 1 aliphatic rings. The fourth-order valence-electron chi connectivity index (χ4n) is 2.65. The highest BCUT2D eigenvalue weighted by molar-refractivity contribution is 5.98. The number of carbonyl (C=O) groups excluding carboxylic acids is 1. The second-order valence-electron chi connectivity index (χ2n) is 5.93. The molecule has 0 atom stereocenters. The van der Waals surface area contributed by atoms with Crippen LogP contribution >= 0.6 is 0 Å². The van der Waals surface area contributed by atoms with E-state index in [1.807, 2.05) is 19.3 Å². The summed E-state index contributed by atoms with van der Waals surface area (Å²) in [6, 6.07) is 3.56. The predicted molar refractivity (Wildman–Crippen MR) is 84.7 cm³/mol. The van der Waals surface area contributed by atoms with Crippen LogP contribution in [-0.4, -0.2) is 34.0 Å². The standard InChI is InChI=1S/C16H21N5O/c1-12-18-8-9-21(12)11-16(5-6-16)10-20-15(22)13-4-3-7-19-14(13)17-2/h3-4,7-9H,5-6,10-11H2,1-2H3,(H,17,19)(H,20,22). The van der Waals surface area contributed by atoms with Gasteiger partial charge in [0.2, 0.25) is 0 Å². The van der Waals surface area contributed by atoms with Crippen molar-refractivity contribution in [1.82, 2.24) is 19.9 Å². The fourth-order valence-corrected chi connectivity index (χ4v) is 2.65. The van der Waals surface area contributed by atoms with Gasteiger partial charge >= 0.3 is 0 Å². The van der Waals surface area contributed by atoms with Crippen LogP contribution in [0, 0.1) is 12.3 Å². The Hall–Kier alpha value is -2.37. The van der Waals surface area contributed by atoms with E-state index in [4.69, 9.17) is 0 Å². The van der Waals surface area contributed by atoms with E-state index in [2.05, 4.69) is 25.2 Å². The lowest BCUT2D eigenvalue weighted by Gasteiger charge is -2.18. The van der Waals surface area contributed by atoms with Gasteiger partial charge in [-0.15, -0.1) is 0 Å². The van der Waals surface area contributed by atoms with E-state index in [1.165, 1.54) is 0 Å². The maximum atomic E-state index is 12.4. The maximum absolute atomic E-state index is 12.4. The second-order valence-corrected chi connectivity index (χ2v) is 5.93. The Morgan fingerprint density at radius 1 is 1.36 bits per heavy atom. The molecule has 22 heavy (non-hydrogen) atoms. The highest BCUT2D eigenvalue weighted by Gasteiger charge is 2.43. The topological polar surface area (TPSA) is 71.8 Å². The smallest absolute Gasteiger partial charge is 0.255 e. The Morgan fingerprint density at radius 3 is 2.82 bits per heavy atom. The lowest BCUT2D eigenvalue weighted by Crippen LogP contribution is -2.33. The van der Waals surface area contributed by atoms with Gasteiger partial charge in [-0.1, -0.05) is 0 Å². The van der Waals surface area contributed by atoms with Crippen molar-refractivity contribution in [1.29, 1.82) is 0 Å². The van der Waals surface area contributed by atoms with Crippen LogP contribution in [0.15, 0.2) is 30.7 Å². The first-order chi connectivity index (χ1) is 10.6. The number of hydrogen-bond donors (Lipinski definition) is 2. The first kappa shape index (κ1) is 14.6. The molecule has 6 heteroatoms. The number of nitrogens with zero attached hydrogens (tertiary/aromatic N) is 3. The van der Waals surface area contributed by atoms with Gasteiger partial charge in [-0.3, -0.25) is 4.79 Å². The van der Waals surface area contributed by atoms with Crippen molar-refractivity contribution >= 4 is 11.7 Å². The summed E-state index contributed by atoms with van der Waals surface area (Å²) in [5.74, 6) is 1.55. The molecule has 2 heterocycles. The summed E-state index contributed by atoms with van der Waals surface area (Å²) >= 11 is 0. The minimum atomic E-state index is -0.0777. The molecule has 0 unspecified atom stereocenters. The molecule has 0 spiro atoms. The molecule has 116 valence electrons. The van der Waals surface area contributed by atoms with Crippen molar-refractivity contribution in [2.45, 2.75) is 26.3 Å². The highest BCUT2D eigenvalue weighted by atomic mass is 16.1. The van der Waals surface area contributed by atoms with Crippen molar-refractivity contribution in [3.05, 3.63) is 42.1 Å². The monoisotopic (exact) mass is 299 g/mol. The number of carbonyl (C=O) groups is 1. The van der Waals surface area contributed by atoms with E-state index in [-0.39, 0.29) is 11.3 Å². The van der Waals surface area contributed by atoms with Crippen molar-refractivity contribution < 1.29 is 4.79 Å². The van der Waals surface area contributed by atoms with E-state index in [9.17, 15) is 4.79 Å². The molecule has 1 saturated carbocycles. The summed E-state index contributed by atoms with van der Waals surface area (Å²) in [5, 5.41) is 6.00. The molecular weight excluding hydrogens is 278 g/mol. The first-order valence-electron chi connectivity index (χ1n) is 7.52. The highest BCUT2D eigenvalue weighted by Crippen LogP contribution is 2.46. The molecule has 0 saturated heterocycles. The van der Waals surface area contributed by atoms with Gasteiger partial charge in [0.15, 0.2) is 0 Å². The van der Waals surface area contributed by atoms with E-state index < -0.39 is 0 Å². The Bertz CT molecular complexity index is 675. The SMILES string of the molecule is CNc1ncccc1C(=O)NCC1(Cn2ccnc2C)CC1. The van der Waals surface area contributed by atoms with Gasteiger partial charge in [0.1, 0.15) is 11.6 Å². The molecule has 1 amide bonds. The molecule has 2 aromatic rings. The zero-order valence-electron chi connectivity index (χ0n) is 13.0. The Labute approximate surface area is 130 Å². The van der Waals surface area contributed by atoms with Crippen LogP contribution in [0.25, 0.3) is 0 Å². The van der Waals surface area contributed by atoms with Crippen molar-refractivity contribution in [2.24, 2.45) is 5.41 Å². The molecule has 2 N–H and O–H groups in total. The van der Waals surface area contributed by atoms with Crippen LogP contribution in [0.3, 0.4) is 0 Å². The number of anilines is 1. The van der Waals surface area contributed by atoms with Crippen LogP contribution in [0.5, 0.6) is 0 Å². The van der Waals surface area contributed by atoms with Crippen molar-refractivity contribution in [2.75, 3.05) is 18.9 Å². The van der Waals surface area contributed by atoms with Crippen LogP contribution in [0.2, 0.25) is 0 Å². The third-order valence-electron chi connectivity index (χ3n) is 4.30. The number of aromatic nitrogens is 3. The number of rotatable bonds is 6. The Morgan fingerprint density at radius 2 is 2.18 bits per heavy atom. The first-order valence-corrected chi connectivity index (χ1v) is 7.52. The van der Waals surface area contributed by atoms with E-state index in [1.54, 1.807) is 25.4 Å². The number of imidazole rings is 1. The number of nitrogens with one attached hydrogen (secondary N) is 2. The fraction of sp³-hybridized carbons (Fsp3) is 0.438. The van der Waals surface area contributed by atoms with Gasteiger partial charge < -0.3 is 15.2 Å². The van der Waals surface area contributed by atoms with Crippen LogP contribution in [0.4, 0.5) is 5.82 Å². The van der Waals surface area contributed by atoms with Gasteiger partial charge in [-0.2, -0.15) is 0 Å². The predicted octanol–water partition coefficient (Wildman–Crippen LogP) is 1.84. The average Bonchev–Trinajstić information content (AvgIpc) is 3.20. The van der Waals surface area contributed by atoms with E-state index in [0.717, 1.165) is 25.2 Å². The minimum absolute atomic E-state index is 0.0777. The van der Waals surface area contributed by atoms with Crippen molar-refractivity contribution in [3.63, 3.8) is 0 Å². The molecular formula is C16H21N5O. The molecule has 1 aliphatic carbocycles. The van der Waals surface area contributed by atoms with Gasteiger partial charge in [-0.05, 0) is 31.9 Å². The molecule has 0 bridgehead atoms. The normalized spacial score (nSPS) is 15.4. The lowest BCUT2D eigenvalue weighted by molar-refractivity contribution is 0.0943. The number of hydrogen-bond acceptors (Lipinski definition) is 4. The summed E-state index contributed by atoms with van der Waals surface area (Å²) in [6.45, 7) is 3.59. The number of amides is 1. The van der Waals surface area contributed by atoms with Gasteiger partial charge in [0.05, 0.1) is 5.56 Å². The molecule has 3 rings (SSSR count).